The van der Waals surface area contributed by atoms with Gasteiger partial charge in [0.15, 0.2) is 18.1 Å². The first-order valence-corrected chi connectivity index (χ1v) is 11.7. The normalized spacial score (nSPS) is 10.4. The fraction of sp³-hybridized carbons (Fsp3) is 0.259. The highest BCUT2D eigenvalue weighted by molar-refractivity contribution is 6.31. The topological polar surface area (TPSA) is 85.9 Å². The van der Waals surface area contributed by atoms with Gasteiger partial charge in [-0.25, -0.2) is 4.79 Å². The first kappa shape index (κ1) is 25.9. The van der Waals surface area contributed by atoms with Crippen LogP contribution in [0, 0.1) is 6.92 Å². The Balaban J connectivity index is 1.63. The molecule has 1 amide bonds. The largest absolute Gasteiger partial charge is 0.490 e. The quantitative estimate of drug-likeness (QED) is 0.324. The fourth-order valence-corrected chi connectivity index (χ4v) is 3.43. The lowest BCUT2D eigenvalue weighted by molar-refractivity contribution is -0.118. The van der Waals surface area contributed by atoms with Crippen molar-refractivity contribution in [2.45, 2.75) is 27.3 Å². The molecule has 0 heterocycles. The predicted molar refractivity (Wildman–Crippen MR) is 138 cm³/mol. The molecule has 0 aromatic heterocycles. The Morgan fingerprint density at radius 2 is 1.51 bits per heavy atom. The third-order valence-corrected chi connectivity index (χ3v) is 5.34. The van der Waals surface area contributed by atoms with E-state index < -0.39 is 0 Å². The molecule has 7 nitrogen and oxygen atoms in total. The van der Waals surface area contributed by atoms with Crippen LogP contribution in [-0.2, 0) is 16.1 Å². The van der Waals surface area contributed by atoms with Crippen LogP contribution in [0.4, 0.5) is 11.4 Å². The Morgan fingerprint density at radius 3 is 2.17 bits per heavy atom. The van der Waals surface area contributed by atoms with E-state index in [1.54, 1.807) is 43.3 Å². The van der Waals surface area contributed by atoms with E-state index in [1.165, 1.54) is 0 Å². The number of ether oxygens (including phenoxy) is 3. The third kappa shape index (κ3) is 7.65. The zero-order chi connectivity index (χ0) is 25.2. The number of hydrogen-bond acceptors (Lipinski definition) is 6. The Hall–Kier alpha value is -3.71. The van der Waals surface area contributed by atoms with E-state index in [4.69, 9.17) is 25.8 Å². The van der Waals surface area contributed by atoms with E-state index in [2.05, 4.69) is 10.6 Å². The summed E-state index contributed by atoms with van der Waals surface area (Å²) in [5.41, 5.74) is 3.91. The molecule has 0 aliphatic carbocycles. The Bertz CT molecular complexity index is 1150. The molecule has 0 bridgehead atoms. The van der Waals surface area contributed by atoms with Gasteiger partial charge in [-0.3, -0.25) is 4.79 Å². The summed E-state index contributed by atoms with van der Waals surface area (Å²) in [5, 5.41) is 6.54. The van der Waals surface area contributed by atoms with E-state index in [0.717, 1.165) is 16.8 Å². The van der Waals surface area contributed by atoms with E-state index in [0.29, 0.717) is 47.5 Å². The second kappa shape index (κ2) is 12.7. The monoisotopic (exact) mass is 496 g/mol. The Labute approximate surface area is 210 Å². The van der Waals surface area contributed by atoms with Gasteiger partial charge in [0, 0.05) is 29.0 Å². The number of rotatable bonds is 11. The summed E-state index contributed by atoms with van der Waals surface area (Å²) in [6.07, 6.45) is 0. The summed E-state index contributed by atoms with van der Waals surface area (Å²) in [7, 11) is 0. The van der Waals surface area contributed by atoms with Crippen LogP contribution >= 0.6 is 11.6 Å². The van der Waals surface area contributed by atoms with Gasteiger partial charge in [-0.05, 0) is 68.8 Å². The van der Waals surface area contributed by atoms with Gasteiger partial charge in [0.05, 0.1) is 18.8 Å². The maximum atomic E-state index is 12.3. The molecule has 0 unspecified atom stereocenters. The summed E-state index contributed by atoms with van der Waals surface area (Å²) in [6, 6.07) is 17.9. The molecule has 0 aliphatic rings. The van der Waals surface area contributed by atoms with Crippen LogP contribution in [-0.4, -0.2) is 31.7 Å². The zero-order valence-electron chi connectivity index (χ0n) is 20.0. The highest BCUT2D eigenvalue weighted by atomic mass is 35.5. The number of esters is 1. The minimum atomic E-state index is -0.355. The van der Waals surface area contributed by atoms with E-state index in [1.807, 2.05) is 38.1 Å². The van der Waals surface area contributed by atoms with Crippen LogP contribution in [0.1, 0.15) is 35.3 Å². The summed E-state index contributed by atoms with van der Waals surface area (Å²) >= 11 is 6.49. The molecule has 0 radical (unpaired) electrons. The predicted octanol–water partition coefficient (Wildman–Crippen LogP) is 5.85. The van der Waals surface area contributed by atoms with E-state index in [-0.39, 0.29) is 18.5 Å². The van der Waals surface area contributed by atoms with Gasteiger partial charge in [-0.15, -0.1) is 0 Å². The molecule has 2 N–H and O–H groups in total. The molecule has 0 atom stereocenters. The van der Waals surface area contributed by atoms with Crippen LogP contribution < -0.4 is 20.1 Å². The number of anilines is 2. The average molecular weight is 497 g/mol. The molecule has 0 saturated heterocycles. The van der Waals surface area contributed by atoms with E-state index >= 15 is 0 Å². The first-order chi connectivity index (χ1) is 16.9. The maximum absolute atomic E-state index is 12.3. The number of hydrogen-bond donors (Lipinski definition) is 2. The number of amides is 1. The third-order valence-electron chi connectivity index (χ3n) is 4.99. The molecule has 8 heteroatoms. The zero-order valence-corrected chi connectivity index (χ0v) is 20.8. The van der Waals surface area contributed by atoms with Crippen molar-refractivity contribution in [3.8, 4) is 11.5 Å². The van der Waals surface area contributed by atoms with Crippen LogP contribution in [0.2, 0.25) is 5.02 Å². The smallest absolute Gasteiger partial charge is 0.338 e. The number of carbonyl (C=O) groups excluding carboxylic acids is 2. The maximum Gasteiger partial charge on any atom is 0.338 e. The summed E-state index contributed by atoms with van der Waals surface area (Å²) < 4.78 is 16.4. The molecule has 0 fully saturated rings. The van der Waals surface area contributed by atoms with Crippen LogP contribution in [0.25, 0.3) is 0 Å². The van der Waals surface area contributed by atoms with Gasteiger partial charge in [0.1, 0.15) is 0 Å². The number of carbonyl (C=O) groups is 2. The van der Waals surface area contributed by atoms with Crippen molar-refractivity contribution in [3.05, 3.63) is 82.4 Å². The number of benzene rings is 3. The van der Waals surface area contributed by atoms with Gasteiger partial charge < -0.3 is 24.8 Å². The first-order valence-electron chi connectivity index (χ1n) is 11.3. The molecule has 3 aromatic carbocycles. The number of aryl methyl sites for hydroxylation is 1. The summed E-state index contributed by atoms with van der Waals surface area (Å²) in [5.74, 6) is 0.240. The lowest BCUT2D eigenvalue weighted by Gasteiger charge is -2.16. The number of halogens is 1. The van der Waals surface area contributed by atoms with Crippen molar-refractivity contribution < 1.29 is 23.8 Å². The molecule has 0 saturated carbocycles. The molecular formula is C27H29ClN2O5. The van der Waals surface area contributed by atoms with Gasteiger partial charge in [0.2, 0.25) is 0 Å². The molecule has 3 rings (SSSR count). The highest BCUT2D eigenvalue weighted by Crippen LogP contribution is 2.34. The minimum absolute atomic E-state index is 0.186. The molecule has 35 heavy (non-hydrogen) atoms. The minimum Gasteiger partial charge on any atom is -0.490 e. The van der Waals surface area contributed by atoms with E-state index in [9.17, 15) is 9.59 Å². The van der Waals surface area contributed by atoms with Crippen molar-refractivity contribution in [1.29, 1.82) is 0 Å². The second-order valence-electron chi connectivity index (χ2n) is 7.68. The van der Waals surface area contributed by atoms with Crippen molar-refractivity contribution in [2.24, 2.45) is 0 Å². The lowest BCUT2D eigenvalue weighted by atomic mass is 10.1. The second-order valence-corrected chi connectivity index (χ2v) is 8.08. The van der Waals surface area contributed by atoms with Gasteiger partial charge in [0.25, 0.3) is 5.91 Å². The lowest BCUT2D eigenvalue weighted by Crippen LogP contribution is -2.20. The Morgan fingerprint density at radius 1 is 0.857 bits per heavy atom. The molecule has 184 valence electrons. The number of nitrogens with one attached hydrogen (secondary N) is 2. The molecule has 3 aromatic rings. The molecule has 0 aliphatic heterocycles. The van der Waals surface area contributed by atoms with Crippen LogP contribution in [0.5, 0.6) is 11.5 Å². The fourth-order valence-electron chi connectivity index (χ4n) is 3.21. The van der Waals surface area contributed by atoms with Gasteiger partial charge in [-0.1, -0.05) is 29.3 Å². The van der Waals surface area contributed by atoms with Crippen molar-refractivity contribution in [1.82, 2.24) is 0 Å². The van der Waals surface area contributed by atoms with Crippen molar-refractivity contribution >= 4 is 34.9 Å². The molecule has 0 spiro atoms. The standard InChI is InChI=1S/C27H29ClN2O5/c1-4-33-24-14-20(16-29-21-12-8-19(9-13-21)27(32)34-5-2)23(28)15-25(24)35-17-26(31)30-22-10-6-18(3)7-11-22/h6-15,29H,4-5,16-17H2,1-3H3,(H,30,31). The summed E-state index contributed by atoms with van der Waals surface area (Å²) in [4.78, 5) is 24.1. The van der Waals surface area contributed by atoms with Crippen molar-refractivity contribution in [2.75, 3.05) is 30.5 Å². The van der Waals surface area contributed by atoms with Crippen LogP contribution in [0.3, 0.4) is 0 Å². The van der Waals surface area contributed by atoms with Crippen molar-refractivity contribution in [3.63, 3.8) is 0 Å². The molecular weight excluding hydrogens is 468 g/mol. The van der Waals surface area contributed by atoms with Crippen LogP contribution in [0.15, 0.2) is 60.7 Å². The highest BCUT2D eigenvalue weighted by Gasteiger charge is 2.14. The average Bonchev–Trinajstić information content (AvgIpc) is 2.85. The van der Waals surface area contributed by atoms with Gasteiger partial charge in [-0.2, -0.15) is 0 Å². The van der Waals surface area contributed by atoms with Gasteiger partial charge >= 0.3 is 5.97 Å². The summed E-state index contributed by atoms with van der Waals surface area (Å²) in [6.45, 7) is 6.61. The Kier molecular flexibility index (Phi) is 9.38. The SMILES string of the molecule is CCOC(=O)c1ccc(NCc2cc(OCC)c(OCC(=O)Nc3ccc(C)cc3)cc2Cl)cc1.